The van der Waals surface area contributed by atoms with Crippen LogP contribution in [0.15, 0.2) is 12.1 Å². The van der Waals surface area contributed by atoms with Crippen LogP contribution in [0.3, 0.4) is 0 Å². The summed E-state index contributed by atoms with van der Waals surface area (Å²) >= 11 is 0. The van der Waals surface area contributed by atoms with E-state index in [1.807, 2.05) is 39.8 Å². The number of methoxy groups -OCH3 is 3. The molecule has 1 N–H and O–H groups in total. The molecule has 1 aromatic carbocycles. The van der Waals surface area contributed by atoms with Crippen molar-refractivity contribution in [2.75, 3.05) is 34.4 Å². The minimum absolute atomic E-state index is 0.0305. The van der Waals surface area contributed by atoms with Gasteiger partial charge in [0.05, 0.1) is 27.2 Å². The first kappa shape index (κ1) is 21.9. The van der Waals surface area contributed by atoms with E-state index >= 15 is 0 Å². The molecule has 1 saturated heterocycles. The first-order valence-electron chi connectivity index (χ1n) is 9.62. The summed E-state index contributed by atoms with van der Waals surface area (Å²) in [5, 5.41) is 2.99. The van der Waals surface area contributed by atoms with Crippen LogP contribution in [-0.2, 0) is 9.59 Å². The molecule has 2 rings (SSSR count). The van der Waals surface area contributed by atoms with Crippen LogP contribution in [0.5, 0.6) is 17.2 Å². The van der Waals surface area contributed by atoms with Gasteiger partial charge in [0.1, 0.15) is 0 Å². The minimum atomic E-state index is -0.340. The van der Waals surface area contributed by atoms with Gasteiger partial charge in [-0.3, -0.25) is 9.59 Å². The van der Waals surface area contributed by atoms with Crippen molar-refractivity contribution in [3.8, 4) is 17.2 Å². The van der Waals surface area contributed by atoms with Crippen LogP contribution in [0.1, 0.15) is 39.2 Å². The molecule has 7 nitrogen and oxygen atoms in total. The monoisotopic (exact) mass is 392 g/mol. The number of carbonyl (C=O) groups excluding carboxylic acids is 2. The lowest BCUT2D eigenvalue weighted by Crippen LogP contribution is -2.39. The van der Waals surface area contributed by atoms with E-state index in [9.17, 15) is 9.59 Å². The molecular formula is C21H32N2O5. The van der Waals surface area contributed by atoms with Crippen LogP contribution in [0.25, 0.3) is 0 Å². The molecule has 0 aliphatic carbocycles. The lowest BCUT2D eigenvalue weighted by atomic mass is 9.87. The first-order valence-corrected chi connectivity index (χ1v) is 9.62. The highest BCUT2D eigenvalue weighted by Gasteiger charge is 2.41. The quantitative estimate of drug-likeness (QED) is 0.771. The van der Waals surface area contributed by atoms with Gasteiger partial charge in [0.15, 0.2) is 11.5 Å². The molecule has 2 atom stereocenters. The number of amides is 2. The van der Waals surface area contributed by atoms with Gasteiger partial charge in [0, 0.05) is 31.0 Å². The zero-order valence-electron chi connectivity index (χ0n) is 17.9. The molecule has 1 heterocycles. The maximum atomic E-state index is 12.9. The molecule has 1 aliphatic heterocycles. The van der Waals surface area contributed by atoms with Crippen molar-refractivity contribution < 1.29 is 23.8 Å². The number of nitrogens with zero attached hydrogens (tertiary/aromatic N) is 1. The molecule has 0 spiro atoms. The Labute approximate surface area is 167 Å². The van der Waals surface area contributed by atoms with Crippen LogP contribution in [-0.4, -0.2) is 57.2 Å². The Bertz CT molecular complexity index is 692. The predicted molar refractivity (Wildman–Crippen MR) is 107 cm³/mol. The van der Waals surface area contributed by atoms with Crippen molar-refractivity contribution >= 4 is 11.8 Å². The minimum Gasteiger partial charge on any atom is -0.493 e. The summed E-state index contributed by atoms with van der Waals surface area (Å²) < 4.78 is 16.3. The predicted octanol–water partition coefficient (Wildman–Crippen LogP) is 2.43. The fourth-order valence-corrected chi connectivity index (χ4v) is 3.66. The van der Waals surface area contributed by atoms with E-state index in [0.717, 1.165) is 5.56 Å². The van der Waals surface area contributed by atoms with Gasteiger partial charge in [-0.2, -0.15) is 0 Å². The van der Waals surface area contributed by atoms with Gasteiger partial charge in [-0.25, -0.2) is 0 Å². The molecule has 0 bridgehead atoms. The van der Waals surface area contributed by atoms with Gasteiger partial charge in [-0.1, -0.05) is 13.8 Å². The lowest BCUT2D eigenvalue weighted by molar-refractivity contribution is -0.133. The van der Waals surface area contributed by atoms with E-state index in [1.54, 1.807) is 26.2 Å². The normalized spacial score (nSPS) is 19.1. The Morgan fingerprint density at radius 1 is 1.00 bits per heavy atom. The third-order valence-electron chi connectivity index (χ3n) is 5.01. The third-order valence-corrected chi connectivity index (χ3v) is 5.01. The Hall–Kier alpha value is -2.44. The van der Waals surface area contributed by atoms with Crippen LogP contribution in [0.2, 0.25) is 0 Å². The van der Waals surface area contributed by atoms with Crippen molar-refractivity contribution in [2.24, 2.45) is 11.8 Å². The Morgan fingerprint density at radius 2 is 1.57 bits per heavy atom. The maximum Gasteiger partial charge on any atom is 0.225 e. The smallest absolute Gasteiger partial charge is 0.225 e. The fourth-order valence-electron chi connectivity index (χ4n) is 3.66. The van der Waals surface area contributed by atoms with Crippen LogP contribution >= 0.6 is 0 Å². The number of carbonyl (C=O) groups is 2. The number of benzene rings is 1. The van der Waals surface area contributed by atoms with Gasteiger partial charge in [0.2, 0.25) is 17.6 Å². The number of hydrogen-bond donors (Lipinski definition) is 1. The van der Waals surface area contributed by atoms with E-state index in [4.69, 9.17) is 14.2 Å². The van der Waals surface area contributed by atoms with Crippen molar-refractivity contribution in [1.29, 1.82) is 0 Å². The number of rotatable bonds is 7. The molecule has 1 fully saturated rings. The highest BCUT2D eigenvalue weighted by molar-refractivity contribution is 5.84. The zero-order valence-corrected chi connectivity index (χ0v) is 17.9. The second kappa shape index (κ2) is 9.17. The highest BCUT2D eigenvalue weighted by Crippen LogP contribution is 2.43. The van der Waals surface area contributed by atoms with Gasteiger partial charge in [0.25, 0.3) is 0 Å². The summed E-state index contributed by atoms with van der Waals surface area (Å²) in [4.78, 5) is 27.2. The van der Waals surface area contributed by atoms with Crippen LogP contribution < -0.4 is 19.5 Å². The van der Waals surface area contributed by atoms with Gasteiger partial charge < -0.3 is 24.4 Å². The number of ether oxygens (including phenoxy) is 3. The summed E-state index contributed by atoms with van der Waals surface area (Å²) in [5.74, 6) is 0.965. The second-order valence-corrected chi connectivity index (χ2v) is 7.73. The van der Waals surface area contributed by atoms with Crippen LogP contribution in [0.4, 0.5) is 0 Å². The molecule has 28 heavy (non-hydrogen) atoms. The molecule has 1 aromatic rings. The fraction of sp³-hybridized carbons (Fsp3) is 0.619. The van der Waals surface area contributed by atoms with Crippen LogP contribution in [0, 0.1) is 11.8 Å². The largest absolute Gasteiger partial charge is 0.493 e. The summed E-state index contributed by atoms with van der Waals surface area (Å²) in [6.45, 7) is 8.48. The van der Waals surface area contributed by atoms with E-state index in [-0.39, 0.29) is 35.6 Å². The number of likely N-dealkylation sites (tertiary alicyclic amines) is 1. The molecule has 2 amide bonds. The SMILES string of the molecule is COc1cc(C2CN(C(=O)C(C)C)CC2C(=O)NC(C)C)cc(OC)c1OC. The van der Waals surface area contributed by atoms with Crippen molar-refractivity contribution in [1.82, 2.24) is 10.2 Å². The average Bonchev–Trinajstić information content (AvgIpc) is 3.10. The van der Waals surface area contributed by atoms with Crippen molar-refractivity contribution in [3.05, 3.63) is 17.7 Å². The topological polar surface area (TPSA) is 77.1 Å². The van der Waals surface area contributed by atoms with Gasteiger partial charge in [-0.15, -0.1) is 0 Å². The van der Waals surface area contributed by atoms with E-state index in [1.165, 1.54) is 0 Å². The van der Waals surface area contributed by atoms with E-state index in [0.29, 0.717) is 30.3 Å². The second-order valence-electron chi connectivity index (χ2n) is 7.73. The summed E-state index contributed by atoms with van der Waals surface area (Å²) in [5.41, 5.74) is 0.887. The maximum absolute atomic E-state index is 12.9. The number of nitrogens with one attached hydrogen (secondary N) is 1. The van der Waals surface area contributed by atoms with Gasteiger partial charge in [-0.05, 0) is 31.5 Å². The molecule has 0 saturated carbocycles. The molecule has 0 aromatic heterocycles. The molecule has 1 aliphatic rings. The first-order chi connectivity index (χ1) is 13.2. The Kier molecular flexibility index (Phi) is 7.16. The molecule has 156 valence electrons. The summed E-state index contributed by atoms with van der Waals surface area (Å²) in [6.07, 6.45) is 0. The Balaban J connectivity index is 2.46. The lowest BCUT2D eigenvalue weighted by Gasteiger charge is -2.21. The van der Waals surface area contributed by atoms with Crippen molar-refractivity contribution in [2.45, 2.75) is 39.7 Å². The Morgan fingerprint density at radius 3 is 2.00 bits per heavy atom. The van der Waals surface area contributed by atoms with E-state index in [2.05, 4.69) is 5.32 Å². The molecule has 7 heteroatoms. The highest BCUT2D eigenvalue weighted by atomic mass is 16.5. The summed E-state index contributed by atoms with van der Waals surface area (Å²) in [7, 11) is 4.68. The molecular weight excluding hydrogens is 360 g/mol. The standard InChI is InChI=1S/C21H32N2O5/c1-12(2)21(25)23-10-15(16(11-23)20(24)22-13(3)4)14-8-17(26-5)19(28-7)18(9-14)27-6/h8-9,12-13,15-16H,10-11H2,1-7H3,(H,22,24). The molecule has 0 radical (unpaired) electrons. The zero-order chi connectivity index (χ0) is 21.0. The van der Waals surface area contributed by atoms with E-state index < -0.39 is 0 Å². The average molecular weight is 392 g/mol. The summed E-state index contributed by atoms with van der Waals surface area (Å²) in [6, 6.07) is 3.76. The third kappa shape index (κ3) is 4.51. The van der Waals surface area contributed by atoms with Gasteiger partial charge >= 0.3 is 0 Å². The molecule has 2 unspecified atom stereocenters. The number of hydrogen-bond acceptors (Lipinski definition) is 5. The van der Waals surface area contributed by atoms with Crippen molar-refractivity contribution in [3.63, 3.8) is 0 Å².